The van der Waals surface area contributed by atoms with Gasteiger partial charge in [0.25, 0.3) is 0 Å². The van der Waals surface area contributed by atoms with Crippen molar-refractivity contribution in [3.8, 4) is 0 Å². The molecule has 0 spiro atoms. The molecule has 0 atom stereocenters. The van der Waals surface area contributed by atoms with Crippen molar-refractivity contribution in [2.75, 3.05) is 38.2 Å². The van der Waals surface area contributed by atoms with E-state index in [2.05, 4.69) is 44.2 Å². The van der Waals surface area contributed by atoms with Gasteiger partial charge in [0.2, 0.25) is 0 Å². The Balaban J connectivity index is 0.00000243. The number of nitrogens with zero attached hydrogens (tertiary/aromatic N) is 3. The average Bonchev–Trinajstić information content (AvgIpc) is 3.08. The Hall–Kier alpha value is -0.0600. The van der Waals surface area contributed by atoms with Crippen LogP contribution in [0.5, 0.6) is 0 Å². The van der Waals surface area contributed by atoms with Crippen molar-refractivity contribution in [3.05, 3.63) is 16.1 Å². The van der Waals surface area contributed by atoms with Crippen LogP contribution in [-0.4, -0.2) is 59.6 Å². The van der Waals surface area contributed by atoms with Crippen molar-refractivity contribution in [2.24, 2.45) is 4.99 Å². The van der Waals surface area contributed by atoms with Crippen LogP contribution >= 0.6 is 47.1 Å². The van der Waals surface area contributed by atoms with Crippen molar-refractivity contribution in [2.45, 2.75) is 51.1 Å². The highest BCUT2D eigenvalue weighted by Crippen LogP contribution is 2.34. The fourth-order valence-corrected chi connectivity index (χ4v) is 5.59. The molecule has 1 aromatic heterocycles. The van der Waals surface area contributed by atoms with Crippen LogP contribution in [0.3, 0.4) is 0 Å². The molecule has 1 aromatic rings. The molecule has 0 aromatic carbocycles. The van der Waals surface area contributed by atoms with Crippen molar-refractivity contribution in [3.63, 3.8) is 0 Å². The number of aliphatic imine (C=N–C) groups is 1. The zero-order valence-corrected chi connectivity index (χ0v) is 19.9. The zero-order chi connectivity index (χ0) is 17.5. The maximum Gasteiger partial charge on any atom is 0.191 e. The molecule has 2 heterocycles. The van der Waals surface area contributed by atoms with Crippen LogP contribution in [0.2, 0.25) is 0 Å². The lowest BCUT2D eigenvalue weighted by atomic mass is 9.80. The third-order valence-electron chi connectivity index (χ3n) is 5.35. The van der Waals surface area contributed by atoms with E-state index < -0.39 is 0 Å². The maximum atomic E-state index is 4.42. The number of hydrogen-bond acceptors (Lipinski definition) is 5. The fourth-order valence-electron chi connectivity index (χ4n) is 3.96. The van der Waals surface area contributed by atoms with Gasteiger partial charge in [-0.25, -0.2) is 4.98 Å². The second-order valence-corrected chi connectivity index (χ2v) is 9.57. The van der Waals surface area contributed by atoms with E-state index in [9.17, 15) is 0 Å². The predicted octanol–water partition coefficient (Wildman–Crippen LogP) is 3.49. The lowest BCUT2D eigenvalue weighted by Crippen LogP contribution is -2.59. The van der Waals surface area contributed by atoms with E-state index in [4.69, 9.17) is 0 Å². The normalized spacial score (nSPS) is 21.1. The van der Waals surface area contributed by atoms with Gasteiger partial charge < -0.3 is 10.6 Å². The van der Waals surface area contributed by atoms with Crippen LogP contribution in [0.1, 0.15) is 42.0 Å². The highest BCUT2D eigenvalue weighted by atomic mass is 127. The van der Waals surface area contributed by atoms with Gasteiger partial charge in [0.15, 0.2) is 5.96 Å². The van der Waals surface area contributed by atoms with E-state index in [-0.39, 0.29) is 24.0 Å². The molecule has 1 saturated heterocycles. The summed E-state index contributed by atoms with van der Waals surface area (Å²) in [6.07, 6.45) is 8.66. The van der Waals surface area contributed by atoms with Gasteiger partial charge in [-0.3, -0.25) is 9.89 Å². The molecule has 0 unspecified atom stereocenters. The first kappa shape index (κ1) is 22.2. The largest absolute Gasteiger partial charge is 0.355 e. The van der Waals surface area contributed by atoms with E-state index in [1.165, 1.54) is 61.6 Å². The van der Waals surface area contributed by atoms with Crippen LogP contribution in [-0.2, 0) is 6.54 Å². The van der Waals surface area contributed by atoms with Crippen molar-refractivity contribution < 1.29 is 0 Å². The van der Waals surface area contributed by atoms with Crippen LogP contribution in [0.4, 0.5) is 0 Å². The molecule has 0 amide bonds. The predicted molar refractivity (Wildman–Crippen MR) is 125 cm³/mol. The first-order chi connectivity index (χ1) is 12.2. The summed E-state index contributed by atoms with van der Waals surface area (Å²) in [6.45, 7) is 6.30. The van der Waals surface area contributed by atoms with Crippen LogP contribution in [0.25, 0.3) is 0 Å². The lowest BCUT2D eigenvalue weighted by molar-refractivity contribution is 0.0626. The number of halogens is 1. The number of guanidine groups is 1. The topological polar surface area (TPSA) is 52.6 Å². The minimum Gasteiger partial charge on any atom is -0.355 e. The molecule has 148 valence electrons. The molecule has 1 aliphatic carbocycles. The standard InChI is InChI=1S/C18H31N5S2.HI/c1-15-12-20-16(25-15)13-21-17(19-2)22-14-18(6-4-3-5-7-18)23-8-10-24-11-9-23;/h12H,3-11,13-14H2,1-2H3,(H2,19,21,22);1H. The summed E-state index contributed by atoms with van der Waals surface area (Å²) in [5.41, 5.74) is 0.314. The minimum atomic E-state index is 0. The van der Waals surface area contributed by atoms with Gasteiger partial charge in [0.05, 0.1) is 6.54 Å². The van der Waals surface area contributed by atoms with Gasteiger partial charge in [-0.1, -0.05) is 19.3 Å². The Morgan fingerprint density at radius 1 is 1.23 bits per heavy atom. The quantitative estimate of drug-likeness (QED) is 0.362. The van der Waals surface area contributed by atoms with Crippen molar-refractivity contribution in [1.82, 2.24) is 20.5 Å². The molecule has 5 nitrogen and oxygen atoms in total. The molecular formula is C18H32IN5S2. The highest BCUT2D eigenvalue weighted by Gasteiger charge is 2.38. The first-order valence-corrected chi connectivity index (χ1v) is 11.4. The number of thiazole rings is 1. The summed E-state index contributed by atoms with van der Waals surface area (Å²) >= 11 is 3.84. The van der Waals surface area contributed by atoms with Gasteiger partial charge in [0, 0.05) is 54.8 Å². The maximum absolute atomic E-state index is 4.42. The van der Waals surface area contributed by atoms with E-state index in [0.29, 0.717) is 5.54 Å². The van der Waals surface area contributed by atoms with Gasteiger partial charge in [-0.05, 0) is 19.8 Å². The zero-order valence-electron chi connectivity index (χ0n) is 15.9. The molecule has 8 heteroatoms. The smallest absolute Gasteiger partial charge is 0.191 e. The third kappa shape index (κ3) is 5.97. The molecular weight excluding hydrogens is 477 g/mol. The average molecular weight is 510 g/mol. The van der Waals surface area contributed by atoms with Gasteiger partial charge in [0.1, 0.15) is 5.01 Å². The van der Waals surface area contributed by atoms with Crippen LogP contribution < -0.4 is 10.6 Å². The Kier molecular flexibility index (Phi) is 9.46. The fraction of sp³-hybridized carbons (Fsp3) is 0.778. The Labute approximate surface area is 183 Å². The monoisotopic (exact) mass is 509 g/mol. The molecule has 2 N–H and O–H groups in total. The minimum absolute atomic E-state index is 0. The Bertz CT molecular complexity index is 566. The third-order valence-corrected chi connectivity index (χ3v) is 7.21. The highest BCUT2D eigenvalue weighted by molar-refractivity contribution is 14.0. The number of aromatic nitrogens is 1. The number of aryl methyl sites for hydroxylation is 1. The molecule has 1 saturated carbocycles. The van der Waals surface area contributed by atoms with Crippen LogP contribution in [0.15, 0.2) is 11.2 Å². The lowest BCUT2D eigenvalue weighted by Gasteiger charge is -2.48. The summed E-state index contributed by atoms with van der Waals surface area (Å²) in [4.78, 5) is 12.9. The van der Waals surface area contributed by atoms with E-state index >= 15 is 0 Å². The number of thioether (sulfide) groups is 1. The summed E-state index contributed by atoms with van der Waals surface area (Å²) in [5, 5.41) is 8.16. The number of rotatable bonds is 5. The molecule has 1 aliphatic heterocycles. The summed E-state index contributed by atoms with van der Waals surface area (Å²) in [7, 11) is 1.85. The van der Waals surface area contributed by atoms with Crippen molar-refractivity contribution >= 4 is 53.0 Å². The van der Waals surface area contributed by atoms with E-state index in [0.717, 1.165) is 24.1 Å². The second kappa shape index (κ2) is 11.1. The Morgan fingerprint density at radius 3 is 2.58 bits per heavy atom. The number of nitrogens with one attached hydrogen (secondary N) is 2. The molecule has 3 rings (SSSR count). The Morgan fingerprint density at radius 2 is 1.96 bits per heavy atom. The summed E-state index contributed by atoms with van der Waals surface area (Å²) in [6, 6.07) is 0. The second-order valence-electron chi connectivity index (χ2n) is 7.03. The molecule has 2 fully saturated rings. The van der Waals surface area contributed by atoms with E-state index in [1.807, 2.05) is 13.2 Å². The van der Waals surface area contributed by atoms with Crippen molar-refractivity contribution in [1.29, 1.82) is 0 Å². The van der Waals surface area contributed by atoms with Gasteiger partial charge in [-0.15, -0.1) is 35.3 Å². The summed E-state index contributed by atoms with van der Waals surface area (Å²) < 4.78 is 0. The first-order valence-electron chi connectivity index (χ1n) is 9.40. The van der Waals surface area contributed by atoms with Crippen LogP contribution in [0, 0.1) is 6.92 Å². The SMILES string of the molecule is CN=C(NCc1ncc(C)s1)NCC1(N2CCSCC2)CCCCC1.I. The molecule has 26 heavy (non-hydrogen) atoms. The van der Waals surface area contributed by atoms with E-state index in [1.54, 1.807) is 11.3 Å². The summed E-state index contributed by atoms with van der Waals surface area (Å²) in [5.74, 6) is 3.44. The number of hydrogen-bond donors (Lipinski definition) is 2. The van der Waals surface area contributed by atoms with Gasteiger partial charge >= 0.3 is 0 Å². The molecule has 2 aliphatic rings. The van der Waals surface area contributed by atoms with Gasteiger partial charge in [-0.2, -0.15) is 11.8 Å². The molecule has 0 radical (unpaired) electrons. The molecule has 0 bridgehead atoms.